The van der Waals surface area contributed by atoms with Gasteiger partial charge in [-0.1, -0.05) is 24.1 Å². The zero-order valence-electron chi connectivity index (χ0n) is 14.1. The Bertz CT molecular complexity index is 256. The van der Waals surface area contributed by atoms with E-state index in [1.165, 1.54) is 104 Å². The fourth-order valence-corrected chi connectivity index (χ4v) is 4.73. The zero-order valence-corrected chi connectivity index (χ0v) is 14.1. The minimum absolute atomic E-state index is 1.07. The van der Waals surface area contributed by atoms with Crippen LogP contribution in [-0.4, -0.2) is 65.7 Å². The highest BCUT2D eigenvalue weighted by Crippen LogP contribution is 2.30. The Kier molecular flexibility index (Phi) is 5.54. The first-order valence-electron chi connectivity index (χ1n) is 9.52. The molecule has 3 aliphatic heterocycles. The molecule has 0 aromatic rings. The van der Waals surface area contributed by atoms with Crippen LogP contribution in [0.4, 0.5) is 0 Å². The molecule has 0 spiro atoms. The van der Waals surface area contributed by atoms with Crippen molar-refractivity contribution in [1.29, 1.82) is 0 Å². The van der Waals surface area contributed by atoms with Gasteiger partial charge in [-0.25, -0.2) is 0 Å². The molecule has 0 radical (unpaired) electrons. The number of hydrogen-bond acceptors (Lipinski definition) is 3. The third kappa shape index (κ3) is 3.14. The maximum Gasteiger partial charge on any atom is 0.132 e. The summed E-state index contributed by atoms with van der Waals surface area (Å²) >= 11 is 0. The first-order valence-corrected chi connectivity index (χ1v) is 9.52. The lowest BCUT2D eigenvalue weighted by molar-refractivity contribution is -1.21. The fourth-order valence-electron chi connectivity index (χ4n) is 4.73. The summed E-state index contributed by atoms with van der Waals surface area (Å²) in [5.41, 5.74) is 0. The van der Waals surface area contributed by atoms with Crippen molar-refractivity contribution in [2.45, 2.75) is 64.7 Å². The molecule has 0 atom stereocenters. The molecule has 0 aliphatic carbocycles. The standard InChI is InChI=1S/C17H35N4/c1-2-21(18-12-6-3-7-13-18,19-14-8-4-9-15-19)20-16-10-5-11-17-20/h2-17H2,1H3/q+1. The van der Waals surface area contributed by atoms with E-state index in [-0.39, 0.29) is 0 Å². The Morgan fingerprint density at radius 1 is 0.524 bits per heavy atom. The van der Waals surface area contributed by atoms with Crippen LogP contribution in [0.5, 0.6) is 0 Å². The van der Waals surface area contributed by atoms with E-state index in [2.05, 4.69) is 22.0 Å². The predicted octanol–water partition coefficient (Wildman–Crippen LogP) is 3.03. The van der Waals surface area contributed by atoms with Crippen LogP contribution < -0.4 is 0 Å². The summed E-state index contributed by atoms with van der Waals surface area (Å²) in [6, 6.07) is 0. The van der Waals surface area contributed by atoms with Crippen molar-refractivity contribution in [1.82, 2.24) is 15.0 Å². The largest absolute Gasteiger partial charge is 0.132 e. The topological polar surface area (TPSA) is 9.72 Å². The smallest absolute Gasteiger partial charge is 0.116 e. The summed E-state index contributed by atoms with van der Waals surface area (Å²) in [5.74, 6) is 0. The molecule has 3 heterocycles. The van der Waals surface area contributed by atoms with Crippen molar-refractivity contribution >= 4 is 0 Å². The van der Waals surface area contributed by atoms with Crippen LogP contribution in [-0.2, 0) is 0 Å². The lowest BCUT2D eigenvalue weighted by Crippen LogP contribution is -2.77. The summed E-state index contributed by atoms with van der Waals surface area (Å²) in [6.45, 7) is 11.4. The molecule has 0 unspecified atom stereocenters. The summed E-state index contributed by atoms with van der Waals surface area (Å²) in [6.07, 6.45) is 12.6. The molecule has 0 aromatic carbocycles. The molecule has 0 N–H and O–H groups in total. The van der Waals surface area contributed by atoms with Crippen LogP contribution in [0.25, 0.3) is 0 Å². The van der Waals surface area contributed by atoms with Crippen LogP contribution in [0.2, 0.25) is 0 Å². The molecule has 0 amide bonds. The van der Waals surface area contributed by atoms with Gasteiger partial charge in [-0.3, -0.25) is 0 Å². The third-order valence-corrected chi connectivity index (χ3v) is 5.78. The SMILES string of the molecule is CC[N+](N1CCCCC1)(N1CCCCC1)N1CCCCC1. The summed E-state index contributed by atoms with van der Waals surface area (Å²) in [4.78, 5) is 1.07. The second kappa shape index (κ2) is 7.40. The normalized spacial score (nSPS) is 27.9. The average Bonchev–Trinajstić information content (AvgIpc) is 2.59. The van der Waals surface area contributed by atoms with Crippen LogP contribution in [0.3, 0.4) is 0 Å². The van der Waals surface area contributed by atoms with Gasteiger partial charge in [0.1, 0.15) is 6.54 Å². The van der Waals surface area contributed by atoms with Crippen LogP contribution >= 0.6 is 0 Å². The van der Waals surface area contributed by atoms with Gasteiger partial charge in [0.25, 0.3) is 0 Å². The van der Waals surface area contributed by atoms with Gasteiger partial charge < -0.3 is 0 Å². The number of quaternary nitrogens is 1. The Labute approximate surface area is 131 Å². The third-order valence-electron chi connectivity index (χ3n) is 5.78. The van der Waals surface area contributed by atoms with Gasteiger partial charge in [0.15, 0.2) is 0 Å². The van der Waals surface area contributed by atoms with Gasteiger partial charge in [-0.2, -0.15) is 0 Å². The van der Waals surface area contributed by atoms with Crippen molar-refractivity contribution in [3.05, 3.63) is 0 Å². The summed E-state index contributed by atoms with van der Waals surface area (Å²) in [7, 11) is 0. The van der Waals surface area contributed by atoms with Crippen LogP contribution in [0.1, 0.15) is 64.7 Å². The summed E-state index contributed by atoms with van der Waals surface area (Å²) in [5, 5.41) is 8.42. The summed E-state index contributed by atoms with van der Waals surface area (Å²) < 4.78 is 0. The molecule has 0 bridgehead atoms. The van der Waals surface area contributed by atoms with Crippen LogP contribution in [0, 0.1) is 0 Å². The van der Waals surface area contributed by atoms with Crippen molar-refractivity contribution < 1.29 is 4.81 Å². The number of hydrogen-bond donors (Lipinski definition) is 0. The number of nitrogens with zero attached hydrogens (tertiary/aromatic N) is 4. The fraction of sp³-hybridized carbons (Fsp3) is 1.00. The van der Waals surface area contributed by atoms with Crippen LogP contribution in [0.15, 0.2) is 0 Å². The number of piperidine rings is 3. The van der Waals surface area contributed by atoms with E-state index in [4.69, 9.17) is 0 Å². The quantitative estimate of drug-likeness (QED) is 0.738. The molecule has 21 heavy (non-hydrogen) atoms. The lowest BCUT2D eigenvalue weighted by Gasteiger charge is -2.56. The minimum atomic E-state index is 1.07. The first-order chi connectivity index (χ1) is 10.4. The average molecular weight is 295 g/mol. The highest BCUT2D eigenvalue weighted by atomic mass is 16.1. The number of rotatable bonds is 4. The molecular formula is C17H35N4+. The molecule has 3 saturated heterocycles. The molecule has 3 aliphatic rings. The second-order valence-corrected chi connectivity index (χ2v) is 7.05. The van der Waals surface area contributed by atoms with E-state index < -0.39 is 0 Å². The van der Waals surface area contributed by atoms with Gasteiger partial charge in [0.05, 0.1) is 39.3 Å². The van der Waals surface area contributed by atoms with E-state index in [0.717, 1.165) is 4.81 Å². The highest BCUT2D eigenvalue weighted by molar-refractivity contribution is 4.64. The Morgan fingerprint density at radius 3 is 1.05 bits per heavy atom. The van der Waals surface area contributed by atoms with Gasteiger partial charge >= 0.3 is 0 Å². The highest BCUT2D eigenvalue weighted by Gasteiger charge is 2.47. The Hall–Kier alpha value is -0.160. The van der Waals surface area contributed by atoms with Crippen molar-refractivity contribution in [2.75, 3.05) is 45.8 Å². The molecule has 0 aromatic heterocycles. The lowest BCUT2D eigenvalue weighted by atomic mass is 10.1. The van der Waals surface area contributed by atoms with Crippen molar-refractivity contribution in [3.8, 4) is 0 Å². The van der Waals surface area contributed by atoms with Gasteiger partial charge in [0.2, 0.25) is 0 Å². The monoisotopic (exact) mass is 295 g/mol. The van der Waals surface area contributed by atoms with Gasteiger partial charge in [0, 0.05) is 0 Å². The van der Waals surface area contributed by atoms with E-state index in [9.17, 15) is 0 Å². The molecule has 4 heteroatoms. The van der Waals surface area contributed by atoms with E-state index in [0.29, 0.717) is 0 Å². The first kappa shape index (κ1) is 15.7. The Balaban J connectivity index is 1.85. The molecular weight excluding hydrogens is 260 g/mol. The molecule has 3 fully saturated rings. The van der Waals surface area contributed by atoms with E-state index in [1.54, 1.807) is 0 Å². The maximum absolute atomic E-state index is 2.81. The predicted molar refractivity (Wildman–Crippen MR) is 87.1 cm³/mol. The Morgan fingerprint density at radius 2 is 0.810 bits per heavy atom. The minimum Gasteiger partial charge on any atom is -0.116 e. The molecule has 0 saturated carbocycles. The van der Waals surface area contributed by atoms with Gasteiger partial charge in [-0.05, 0) is 45.4 Å². The maximum atomic E-state index is 2.81. The van der Waals surface area contributed by atoms with Crippen molar-refractivity contribution in [2.24, 2.45) is 0 Å². The molecule has 122 valence electrons. The second-order valence-electron chi connectivity index (χ2n) is 7.05. The van der Waals surface area contributed by atoms with Gasteiger partial charge in [-0.15, -0.1) is 15.0 Å². The van der Waals surface area contributed by atoms with E-state index >= 15 is 0 Å². The van der Waals surface area contributed by atoms with Crippen molar-refractivity contribution in [3.63, 3.8) is 0 Å². The van der Waals surface area contributed by atoms with E-state index in [1.807, 2.05) is 0 Å². The molecule has 3 rings (SSSR count). The molecule has 4 nitrogen and oxygen atoms in total. The zero-order chi connectivity index (χ0) is 14.5.